The summed E-state index contributed by atoms with van der Waals surface area (Å²) in [5, 5.41) is 0. The van der Waals surface area contributed by atoms with E-state index in [1.807, 2.05) is 30.3 Å². The van der Waals surface area contributed by atoms with Crippen molar-refractivity contribution < 1.29 is 46.5 Å². The van der Waals surface area contributed by atoms with Crippen LogP contribution in [0.25, 0.3) is 0 Å². The summed E-state index contributed by atoms with van der Waals surface area (Å²) in [4.78, 5) is 0. The molecule has 1 radical (unpaired) electrons. The molecule has 1 rings (SSSR count). The number of rotatable bonds is 0. The third-order valence-electron chi connectivity index (χ3n) is 0.843. The van der Waals surface area contributed by atoms with E-state index in [-0.39, 0.29) is 46.5 Å². The molecule has 0 N–H and O–H groups in total. The van der Waals surface area contributed by atoms with Crippen LogP contribution in [0.15, 0.2) is 30.3 Å². The fourth-order valence-corrected chi connectivity index (χ4v) is 0.478. The van der Waals surface area contributed by atoms with Crippen molar-refractivity contribution in [3.8, 4) is 0 Å². The summed E-state index contributed by atoms with van der Waals surface area (Å²) in [7, 11) is 0. The van der Waals surface area contributed by atoms with E-state index in [4.69, 9.17) is 0 Å². The Bertz CT molecular complexity index is 142. The van der Waals surface area contributed by atoms with E-state index in [0.717, 1.165) is 5.56 Å². The first-order valence-electron chi connectivity index (χ1n) is 2.26. The monoisotopic (exact) mass is 209 g/mol. The Hall–Kier alpha value is 0.384. The van der Waals surface area contributed by atoms with Crippen molar-refractivity contribution in [3.05, 3.63) is 42.8 Å². The Labute approximate surface area is 89.1 Å². The second-order valence-electron chi connectivity index (χ2n) is 1.49. The van der Waals surface area contributed by atoms with Gasteiger partial charge in [0.1, 0.15) is 0 Å². The molecular weight excluding hydrogens is 203 g/mol. The van der Waals surface area contributed by atoms with Crippen molar-refractivity contribution in [3.63, 3.8) is 0 Å². The van der Waals surface area contributed by atoms with Gasteiger partial charge < -0.3 is 24.8 Å². The molecule has 0 atom stereocenters. The molecule has 0 fully saturated rings. The van der Waals surface area contributed by atoms with Gasteiger partial charge in [0, 0.05) is 0 Å². The first-order chi connectivity index (χ1) is 3.39. The van der Waals surface area contributed by atoms with Gasteiger partial charge >= 0.3 is 21.7 Å². The van der Waals surface area contributed by atoms with E-state index < -0.39 is 0 Å². The quantitative estimate of drug-likeness (QED) is 0.301. The van der Waals surface area contributed by atoms with Crippen LogP contribution < -0.4 is 24.8 Å². The summed E-state index contributed by atoms with van der Waals surface area (Å²) >= 11 is 0. The molecular formula is C7H7Cl2Ti. The predicted molar refractivity (Wildman–Crippen MR) is 30.9 cm³/mol. The van der Waals surface area contributed by atoms with E-state index >= 15 is 0 Å². The maximum Gasteiger partial charge on any atom is 3.00 e. The first-order valence-corrected chi connectivity index (χ1v) is 2.26. The Morgan fingerprint density at radius 3 is 1.50 bits per heavy atom. The molecule has 0 unspecified atom stereocenters. The fourth-order valence-electron chi connectivity index (χ4n) is 0.478. The minimum atomic E-state index is 0. The van der Waals surface area contributed by atoms with Gasteiger partial charge in [-0.05, 0) is 0 Å². The van der Waals surface area contributed by atoms with Gasteiger partial charge in [0.25, 0.3) is 0 Å². The van der Waals surface area contributed by atoms with Gasteiger partial charge in [0.15, 0.2) is 0 Å². The van der Waals surface area contributed by atoms with Crippen LogP contribution in [0.4, 0.5) is 0 Å². The summed E-state index contributed by atoms with van der Waals surface area (Å²) in [5.41, 5.74) is 1.07. The van der Waals surface area contributed by atoms with E-state index in [1.165, 1.54) is 0 Å². The molecule has 1 aromatic carbocycles. The zero-order valence-corrected chi connectivity index (χ0v) is 8.42. The smallest absolute Gasteiger partial charge is 1.00 e. The Morgan fingerprint density at radius 1 is 0.900 bits per heavy atom. The molecule has 0 amide bonds. The van der Waals surface area contributed by atoms with Gasteiger partial charge in [-0.2, -0.15) is 24.6 Å². The van der Waals surface area contributed by atoms with Gasteiger partial charge in [0.05, 0.1) is 0 Å². The number of hydrogen-bond acceptors (Lipinski definition) is 0. The standard InChI is InChI=1S/C7H7.2ClH.Ti/c1-7-5-3-2-4-6-7;;;/h2-6H,1H2;2*1H;/q-1;;;+3/p-2. The minimum absolute atomic E-state index is 0. The van der Waals surface area contributed by atoms with Gasteiger partial charge in [-0.1, -0.05) is 6.07 Å². The summed E-state index contributed by atoms with van der Waals surface area (Å²) < 4.78 is 0. The average Bonchev–Trinajstić information content (AvgIpc) is 1.69. The Morgan fingerprint density at radius 2 is 1.30 bits per heavy atom. The second-order valence-corrected chi connectivity index (χ2v) is 1.49. The SMILES string of the molecule is [CH2-]c1ccccc1.[Cl-].[Cl-].[Ti+3]. The topological polar surface area (TPSA) is 0 Å². The minimum Gasteiger partial charge on any atom is -1.00 e. The average molecular weight is 210 g/mol. The van der Waals surface area contributed by atoms with Crippen LogP contribution in [0.2, 0.25) is 0 Å². The summed E-state index contributed by atoms with van der Waals surface area (Å²) in [6.07, 6.45) is 0. The van der Waals surface area contributed by atoms with Gasteiger partial charge in [0.2, 0.25) is 0 Å². The number of benzene rings is 1. The van der Waals surface area contributed by atoms with Crippen LogP contribution in [0, 0.1) is 6.92 Å². The molecule has 0 spiro atoms. The van der Waals surface area contributed by atoms with Crippen molar-refractivity contribution in [1.29, 1.82) is 0 Å². The molecule has 53 valence electrons. The summed E-state index contributed by atoms with van der Waals surface area (Å²) in [6, 6.07) is 9.87. The second kappa shape index (κ2) is 9.38. The van der Waals surface area contributed by atoms with Crippen LogP contribution in [0.5, 0.6) is 0 Å². The van der Waals surface area contributed by atoms with Crippen LogP contribution in [-0.4, -0.2) is 0 Å². The van der Waals surface area contributed by atoms with Crippen LogP contribution in [0.1, 0.15) is 5.56 Å². The van der Waals surface area contributed by atoms with E-state index in [2.05, 4.69) is 6.92 Å². The van der Waals surface area contributed by atoms with Gasteiger partial charge in [-0.25, -0.2) is 0 Å². The Kier molecular flexibility index (Phi) is 15.7. The van der Waals surface area contributed by atoms with Crippen molar-refractivity contribution in [2.75, 3.05) is 0 Å². The molecule has 0 heterocycles. The largest absolute Gasteiger partial charge is 3.00 e. The molecule has 3 heteroatoms. The zero-order valence-electron chi connectivity index (χ0n) is 5.35. The molecule has 0 bridgehead atoms. The molecule has 0 aliphatic rings. The van der Waals surface area contributed by atoms with E-state index in [9.17, 15) is 0 Å². The molecule has 0 aliphatic carbocycles. The Balaban J connectivity index is -0.000000163. The molecule has 0 saturated heterocycles. The summed E-state index contributed by atoms with van der Waals surface area (Å²) in [5.74, 6) is 0. The van der Waals surface area contributed by atoms with Crippen molar-refractivity contribution in [2.24, 2.45) is 0 Å². The van der Waals surface area contributed by atoms with Crippen LogP contribution >= 0.6 is 0 Å². The summed E-state index contributed by atoms with van der Waals surface area (Å²) in [6.45, 7) is 3.72. The van der Waals surface area contributed by atoms with Crippen molar-refractivity contribution in [2.45, 2.75) is 0 Å². The molecule has 0 nitrogen and oxygen atoms in total. The van der Waals surface area contributed by atoms with E-state index in [1.54, 1.807) is 0 Å². The van der Waals surface area contributed by atoms with Gasteiger partial charge in [-0.3, -0.25) is 0 Å². The molecule has 10 heavy (non-hydrogen) atoms. The third-order valence-corrected chi connectivity index (χ3v) is 0.843. The van der Waals surface area contributed by atoms with Crippen LogP contribution in [0.3, 0.4) is 0 Å². The number of halogens is 2. The zero-order chi connectivity index (χ0) is 5.11. The molecule has 1 aromatic rings. The fraction of sp³-hybridized carbons (Fsp3) is 0. The molecule has 0 aliphatic heterocycles. The maximum absolute atomic E-state index is 3.72. The van der Waals surface area contributed by atoms with Crippen molar-refractivity contribution >= 4 is 0 Å². The third kappa shape index (κ3) is 6.50. The molecule has 0 aromatic heterocycles. The maximum atomic E-state index is 3.72. The number of hydrogen-bond donors (Lipinski definition) is 0. The normalized spacial score (nSPS) is 6.00. The van der Waals surface area contributed by atoms with E-state index in [0.29, 0.717) is 0 Å². The van der Waals surface area contributed by atoms with Crippen LogP contribution in [-0.2, 0) is 21.7 Å². The molecule has 0 saturated carbocycles. The first kappa shape index (κ1) is 16.8. The van der Waals surface area contributed by atoms with Gasteiger partial charge in [-0.15, -0.1) is 12.1 Å². The predicted octanol–water partition coefficient (Wildman–Crippen LogP) is -4.13. The van der Waals surface area contributed by atoms with Crippen molar-refractivity contribution in [1.82, 2.24) is 0 Å².